The average Bonchev–Trinajstić information content (AvgIpc) is 2.41. The number of aliphatic hydroxyl groups is 1. The highest BCUT2D eigenvalue weighted by Gasteiger charge is 2.14. The second-order valence-corrected chi connectivity index (χ2v) is 4.63. The quantitative estimate of drug-likeness (QED) is 0.533. The predicted octanol–water partition coefficient (Wildman–Crippen LogP) is -3.52. The Balaban J connectivity index is 0.00000180. The van der Waals surface area contributed by atoms with Crippen molar-refractivity contribution < 1.29 is 31.9 Å². The van der Waals surface area contributed by atoms with Crippen LogP contribution < -0.4 is 17.3 Å². The molecule has 0 radical (unpaired) electrons. The number of halogens is 1. The van der Waals surface area contributed by atoms with E-state index in [4.69, 9.17) is 9.47 Å². The fraction of sp³-hybridized carbons (Fsp3) is 0.571. The third kappa shape index (κ3) is 6.36. The minimum Gasteiger partial charge on any atom is -1.00 e. The molecule has 0 aliphatic carbocycles. The molecular formula is C14H22ClNO3. The molecule has 1 aromatic carbocycles. The molecule has 5 heteroatoms. The van der Waals surface area contributed by atoms with Gasteiger partial charge in [-0.15, -0.1) is 0 Å². The van der Waals surface area contributed by atoms with E-state index in [1.165, 1.54) is 4.90 Å². The third-order valence-electron chi connectivity index (χ3n) is 3.22. The van der Waals surface area contributed by atoms with Crippen molar-refractivity contribution in [1.82, 2.24) is 0 Å². The normalized spacial score (nSPS) is 17.7. The van der Waals surface area contributed by atoms with E-state index in [1.807, 2.05) is 30.3 Å². The summed E-state index contributed by atoms with van der Waals surface area (Å²) >= 11 is 0. The molecule has 0 saturated carbocycles. The molecule has 1 aliphatic heterocycles. The van der Waals surface area contributed by atoms with Crippen LogP contribution in [0.2, 0.25) is 0 Å². The summed E-state index contributed by atoms with van der Waals surface area (Å²) in [5.41, 5.74) is 1.10. The summed E-state index contributed by atoms with van der Waals surface area (Å²) in [6.07, 6.45) is -0.146. The van der Waals surface area contributed by atoms with Gasteiger partial charge in [0, 0.05) is 6.42 Å². The van der Waals surface area contributed by atoms with Gasteiger partial charge in [-0.05, 0) is 5.56 Å². The highest BCUT2D eigenvalue weighted by molar-refractivity contribution is 5.14. The molecule has 108 valence electrons. The Hall–Kier alpha value is -0.650. The first-order valence-electron chi connectivity index (χ1n) is 6.59. The van der Waals surface area contributed by atoms with E-state index in [9.17, 15) is 5.11 Å². The van der Waals surface area contributed by atoms with Crippen LogP contribution in [0, 0.1) is 0 Å². The summed E-state index contributed by atoms with van der Waals surface area (Å²) in [5.74, 6) is 0. The molecule has 0 aromatic heterocycles. The van der Waals surface area contributed by atoms with Crippen LogP contribution >= 0.6 is 0 Å². The molecule has 2 rings (SSSR count). The molecule has 1 atom stereocenters. The molecular weight excluding hydrogens is 266 g/mol. The number of hydrogen-bond donors (Lipinski definition) is 2. The summed E-state index contributed by atoms with van der Waals surface area (Å²) in [7, 11) is 0. The maximum absolute atomic E-state index is 9.78. The van der Waals surface area contributed by atoms with Gasteiger partial charge in [-0.3, -0.25) is 0 Å². The van der Waals surface area contributed by atoms with E-state index in [0.29, 0.717) is 13.0 Å². The SMILES string of the molecule is OC(Cc1ccccc1)OCC[NH+]1CCOCC1.[Cl-]. The zero-order valence-electron chi connectivity index (χ0n) is 11.1. The number of rotatable bonds is 6. The summed E-state index contributed by atoms with van der Waals surface area (Å²) in [5, 5.41) is 9.78. The van der Waals surface area contributed by atoms with Crippen molar-refractivity contribution in [2.24, 2.45) is 0 Å². The first kappa shape index (κ1) is 16.4. The van der Waals surface area contributed by atoms with E-state index >= 15 is 0 Å². The lowest BCUT2D eigenvalue weighted by atomic mass is 10.1. The van der Waals surface area contributed by atoms with Gasteiger partial charge in [0.15, 0.2) is 6.29 Å². The molecule has 0 amide bonds. The largest absolute Gasteiger partial charge is 1.00 e. The Kier molecular flexibility index (Phi) is 8.02. The fourth-order valence-electron chi connectivity index (χ4n) is 2.12. The first-order valence-corrected chi connectivity index (χ1v) is 6.59. The van der Waals surface area contributed by atoms with Gasteiger partial charge < -0.3 is 31.9 Å². The Morgan fingerprint density at radius 3 is 2.58 bits per heavy atom. The highest BCUT2D eigenvalue weighted by Crippen LogP contribution is 2.03. The molecule has 4 nitrogen and oxygen atoms in total. The molecule has 1 aromatic rings. The van der Waals surface area contributed by atoms with Gasteiger partial charge in [0.2, 0.25) is 0 Å². The third-order valence-corrected chi connectivity index (χ3v) is 3.22. The van der Waals surface area contributed by atoms with Crippen molar-refractivity contribution in [2.45, 2.75) is 12.7 Å². The van der Waals surface area contributed by atoms with Crippen LogP contribution in [0.1, 0.15) is 5.56 Å². The van der Waals surface area contributed by atoms with E-state index in [-0.39, 0.29) is 12.4 Å². The van der Waals surface area contributed by atoms with Crippen molar-refractivity contribution in [3.05, 3.63) is 35.9 Å². The monoisotopic (exact) mass is 287 g/mol. The van der Waals surface area contributed by atoms with Crippen molar-refractivity contribution in [3.63, 3.8) is 0 Å². The van der Waals surface area contributed by atoms with Gasteiger partial charge in [0.05, 0.1) is 19.8 Å². The molecule has 1 saturated heterocycles. The standard InChI is InChI=1S/C14H21NO3.ClH/c16-14(12-13-4-2-1-3-5-13)18-11-8-15-6-9-17-10-7-15;/h1-5,14,16H,6-12H2;1H. The smallest absolute Gasteiger partial charge is 0.158 e. The lowest BCUT2D eigenvalue weighted by Crippen LogP contribution is -3.14. The number of morpholine rings is 1. The van der Waals surface area contributed by atoms with Crippen LogP contribution in [0.25, 0.3) is 0 Å². The fourth-order valence-corrected chi connectivity index (χ4v) is 2.12. The first-order chi connectivity index (χ1) is 8.84. The predicted molar refractivity (Wildman–Crippen MR) is 68.5 cm³/mol. The van der Waals surface area contributed by atoms with E-state index in [0.717, 1.165) is 38.4 Å². The van der Waals surface area contributed by atoms with Crippen LogP contribution in [0.15, 0.2) is 30.3 Å². The van der Waals surface area contributed by atoms with E-state index < -0.39 is 6.29 Å². The van der Waals surface area contributed by atoms with E-state index in [1.54, 1.807) is 0 Å². The minimum absolute atomic E-state index is 0. The number of nitrogens with one attached hydrogen (secondary N) is 1. The lowest BCUT2D eigenvalue weighted by molar-refractivity contribution is -0.908. The summed E-state index contributed by atoms with van der Waals surface area (Å²) < 4.78 is 10.7. The molecule has 1 heterocycles. The number of quaternary nitrogens is 1. The molecule has 1 unspecified atom stereocenters. The second-order valence-electron chi connectivity index (χ2n) is 4.63. The van der Waals surface area contributed by atoms with Gasteiger partial charge in [-0.1, -0.05) is 30.3 Å². The zero-order valence-corrected chi connectivity index (χ0v) is 11.8. The van der Waals surface area contributed by atoms with Crippen molar-refractivity contribution in [3.8, 4) is 0 Å². The average molecular weight is 288 g/mol. The Labute approximate surface area is 120 Å². The minimum atomic E-state index is -0.701. The van der Waals surface area contributed by atoms with Crippen molar-refractivity contribution >= 4 is 0 Å². The maximum atomic E-state index is 9.78. The molecule has 0 bridgehead atoms. The highest BCUT2D eigenvalue weighted by atomic mass is 35.5. The van der Waals surface area contributed by atoms with Gasteiger partial charge >= 0.3 is 0 Å². The van der Waals surface area contributed by atoms with Gasteiger partial charge in [0.25, 0.3) is 0 Å². The van der Waals surface area contributed by atoms with Crippen molar-refractivity contribution in [1.29, 1.82) is 0 Å². The number of ether oxygens (including phenoxy) is 2. The lowest BCUT2D eigenvalue weighted by Gasteiger charge is -2.24. The molecule has 1 fully saturated rings. The second kappa shape index (κ2) is 9.28. The summed E-state index contributed by atoms with van der Waals surface area (Å²) in [4.78, 5) is 1.49. The van der Waals surface area contributed by atoms with Gasteiger partial charge in [0.1, 0.15) is 19.6 Å². The summed E-state index contributed by atoms with van der Waals surface area (Å²) in [6, 6.07) is 9.91. The van der Waals surface area contributed by atoms with Crippen LogP contribution in [-0.2, 0) is 15.9 Å². The zero-order chi connectivity index (χ0) is 12.6. The van der Waals surface area contributed by atoms with E-state index in [2.05, 4.69) is 0 Å². The Morgan fingerprint density at radius 1 is 1.21 bits per heavy atom. The number of aliphatic hydroxyl groups excluding tert-OH is 1. The van der Waals surface area contributed by atoms with Crippen LogP contribution in [0.5, 0.6) is 0 Å². The van der Waals surface area contributed by atoms with Gasteiger partial charge in [-0.2, -0.15) is 0 Å². The Morgan fingerprint density at radius 2 is 1.89 bits per heavy atom. The van der Waals surface area contributed by atoms with Gasteiger partial charge in [-0.25, -0.2) is 0 Å². The number of hydrogen-bond acceptors (Lipinski definition) is 3. The molecule has 19 heavy (non-hydrogen) atoms. The Bertz CT molecular complexity index is 331. The maximum Gasteiger partial charge on any atom is 0.158 e. The van der Waals surface area contributed by atoms with Crippen LogP contribution in [0.3, 0.4) is 0 Å². The molecule has 1 aliphatic rings. The topological polar surface area (TPSA) is 43.1 Å². The van der Waals surface area contributed by atoms with Crippen LogP contribution in [0.4, 0.5) is 0 Å². The van der Waals surface area contributed by atoms with Crippen molar-refractivity contribution in [2.75, 3.05) is 39.5 Å². The molecule has 0 spiro atoms. The summed E-state index contributed by atoms with van der Waals surface area (Å²) in [6.45, 7) is 5.29. The number of benzene rings is 1. The van der Waals surface area contributed by atoms with Crippen LogP contribution in [-0.4, -0.2) is 50.9 Å². The molecule has 2 N–H and O–H groups in total.